The van der Waals surface area contributed by atoms with Gasteiger partial charge in [-0.2, -0.15) is 12.6 Å². The van der Waals surface area contributed by atoms with Gasteiger partial charge in [0.25, 0.3) is 0 Å². The topological polar surface area (TPSA) is 18.5 Å². The van der Waals surface area contributed by atoms with E-state index < -0.39 is 8.56 Å². The minimum Gasteiger partial charge on any atom is -0.394 e. The molecule has 0 atom stereocenters. The van der Waals surface area contributed by atoms with Crippen LogP contribution in [0, 0.1) is 0 Å². The molecule has 0 aromatic rings. The molecule has 0 aliphatic rings. The second kappa shape index (κ2) is 10.6. The molecule has 0 saturated carbocycles. The van der Waals surface area contributed by atoms with Crippen LogP contribution < -0.4 is 0 Å². The van der Waals surface area contributed by atoms with E-state index in [2.05, 4.69) is 33.0 Å². The first-order chi connectivity index (χ1) is 7.68. The molecule has 0 rings (SSSR count). The van der Waals surface area contributed by atoms with E-state index in [4.69, 9.17) is 8.85 Å². The molecule has 0 heterocycles. The number of rotatable bonds is 11. The summed E-state index contributed by atoms with van der Waals surface area (Å²) in [6, 6.07) is 1.07. The molecule has 4 heteroatoms. The van der Waals surface area contributed by atoms with Crippen molar-refractivity contribution < 1.29 is 8.85 Å². The van der Waals surface area contributed by atoms with Gasteiger partial charge in [0.2, 0.25) is 0 Å². The minimum absolute atomic E-state index is 0.859. The van der Waals surface area contributed by atoms with Crippen molar-refractivity contribution in [2.24, 2.45) is 0 Å². The molecule has 0 fully saturated rings. The number of hydrogen-bond donors (Lipinski definition) is 1. The van der Waals surface area contributed by atoms with Crippen molar-refractivity contribution in [1.29, 1.82) is 0 Å². The summed E-state index contributed by atoms with van der Waals surface area (Å²) in [6.45, 7) is 8.29. The third-order valence-electron chi connectivity index (χ3n) is 2.60. The lowest BCUT2D eigenvalue weighted by Crippen LogP contribution is -2.39. The van der Waals surface area contributed by atoms with Gasteiger partial charge in [-0.15, -0.1) is 0 Å². The molecule has 0 bridgehead atoms. The summed E-state index contributed by atoms with van der Waals surface area (Å²) in [5.41, 5.74) is 0. The van der Waals surface area contributed by atoms with Gasteiger partial charge in [0.15, 0.2) is 0 Å². The summed E-state index contributed by atoms with van der Waals surface area (Å²) in [6.07, 6.45) is 5.75. The van der Waals surface area contributed by atoms with Crippen molar-refractivity contribution >= 4 is 21.2 Å². The molecular formula is C12H28O2SSi. The zero-order chi connectivity index (χ0) is 12.3. The van der Waals surface area contributed by atoms with Crippen LogP contribution in [0.3, 0.4) is 0 Å². The second-order valence-corrected chi connectivity index (χ2v) is 8.16. The lowest BCUT2D eigenvalue weighted by atomic mass is 10.4. The van der Waals surface area contributed by atoms with Crippen LogP contribution in [0.5, 0.6) is 0 Å². The van der Waals surface area contributed by atoms with Gasteiger partial charge in [0.05, 0.1) is 0 Å². The molecular weight excluding hydrogens is 236 g/mol. The van der Waals surface area contributed by atoms with E-state index in [0.29, 0.717) is 0 Å². The summed E-state index contributed by atoms with van der Waals surface area (Å²) in [5.74, 6) is 0.927. The molecule has 0 radical (unpaired) electrons. The van der Waals surface area contributed by atoms with Crippen molar-refractivity contribution in [3.05, 3.63) is 0 Å². The van der Waals surface area contributed by atoms with E-state index in [9.17, 15) is 0 Å². The summed E-state index contributed by atoms with van der Waals surface area (Å²) in [4.78, 5) is 0. The van der Waals surface area contributed by atoms with Crippen molar-refractivity contribution in [2.45, 2.75) is 58.5 Å². The molecule has 98 valence electrons. The molecule has 2 nitrogen and oxygen atoms in total. The Hall–Kier alpha value is 0.487. The van der Waals surface area contributed by atoms with Crippen molar-refractivity contribution in [2.75, 3.05) is 19.0 Å². The van der Waals surface area contributed by atoms with Crippen LogP contribution in [0.2, 0.25) is 12.6 Å². The fourth-order valence-electron chi connectivity index (χ4n) is 1.45. The van der Waals surface area contributed by atoms with Crippen LogP contribution in [0.1, 0.15) is 46.0 Å². The highest BCUT2D eigenvalue weighted by Crippen LogP contribution is 2.17. The van der Waals surface area contributed by atoms with Crippen molar-refractivity contribution in [3.63, 3.8) is 0 Å². The largest absolute Gasteiger partial charge is 0.394 e. The van der Waals surface area contributed by atoms with Gasteiger partial charge in [0.1, 0.15) is 0 Å². The van der Waals surface area contributed by atoms with E-state index in [1.54, 1.807) is 0 Å². The Morgan fingerprint density at radius 2 is 1.44 bits per heavy atom. The fraction of sp³-hybridized carbons (Fsp3) is 1.00. The van der Waals surface area contributed by atoms with E-state index in [0.717, 1.165) is 44.3 Å². The van der Waals surface area contributed by atoms with Crippen LogP contribution in [-0.2, 0) is 8.85 Å². The Morgan fingerprint density at radius 3 is 1.81 bits per heavy atom. The standard InChI is InChI=1S/C12H28O2SSi/c1-4-6-9-13-16(3,12-8-11-15)14-10-7-5-2/h15H,4-12H2,1-3H3. The molecule has 0 spiro atoms. The Labute approximate surface area is 108 Å². The lowest BCUT2D eigenvalue weighted by Gasteiger charge is -2.27. The number of unbranched alkanes of at least 4 members (excludes halogenated alkanes) is 2. The second-order valence-electron chi connectivity index (χ2n) is 4.37. The smallest absolute Gasteiger partial charge is 0.334 e. The average molecular weight is 265 g/mol. The van der Waals surface area contributed by atoms with Gasteiger partial charge in [0, 0.05) is 13.2 Å². The molecule has 0 N–H and O–H groups in total. The molecule has 0 aromatic heterocycles. The molecule has 0 aliphatic heterocycles. The zero-order valence-corrected chi connectivity index (χ0v) is 13.0. The predicted octanol–water partition coefficient (Wildman–Crippen LogP) is 4.01. The molecule has 0 aliphatic carbocycles. The van der Waals surface area contributed by atoms with Gasteiger partial charge >= 0.3 is 8.56 Å². The lowest BCUT2D eigenvalue weighted by molar-refractivity contribution is 0.168. The predicted molar refractivity (Wildman–Crippen MR) is 76.6 cm³/mol. The fourth-order valence-corrected chi connectivity index (χ4v) is 4.25. The minimum atomic E-state index is -1.89. The number of hydrogen-bond acceptors (Lipinski definition) is 3. The summed E-state index contributed by atoms with van der Waals surface area (Å²) < 4.78 is 12.0. The highest BCUT2D eigenvalue weighted by molar-refractivity contribution is 7.80. The summed E-state index contributed by atoms with van der Waals surface area (Å²) in [7, 11) is -1.89. The Balaban J connectivity index is 3.91. The first-order valence-electron chi connectivity index (χ1n) is 6.57. The van der Waals surface area contributed by atoms with Crippen molar-refractivity contribution in [3.8, 4) is 0 Å². The van der Waals surface area contributed by atoms with Gasteiger partial charge in [-0.25, -0.2) is 0 Å². The van der Waals surface area contributed by atoms with Crippen LogP contribution in [0.15, 0.2) is 0 Å². The Bertz CT molecular complexity index is 146. The van der Waals surface area contributed by atoms with Gasteiger partial charge in [-0.05, 0) is 37.6 Å². The number of thiol groups is 1. The van der Waals surface area contributed by atoms with Crippen LogP contribution in [0.25, 0.3) is 0 Å². The summed E-state index contributed by atoms with van der Waals surface area (Å²) >= 11 is 4.26. The van der Waals surface area contributed by atoms with Gasteiger partial charge in [-0.3, -0.25) is 0 Å². The Morgan fingerprint density at radius 1 is 0.938 bits per heavy atom. The first kappa shape index (κ1) is 16.5. The Kier molecular flexibility index (Phi) is 11.0. The van der Waals surface area contributed by atoms with E-state index >= 15 is 0 Å². The molecule has 0 aromatic carbocycles. The van der Waals surface area contributed by atoms with E-state index in [-0.39, 0.29) is 0 Å². The third kappa shape index (κ3) is 8.62. The quantitative estimate of drug-likeness (QED) is 0.345. The molecule has 0 amide bonds. The molecule has 0 saturated heterocycles. The molecule has 16 heavy (non-hydrogen) atoms. The monoisotopic (exact) mass is 264 g/mol. The van der Waals surface area contributed by atoms with Crippen LogP contribution in [0.4, 0.5) is 0 Å². The van der Waals surface area contributed by atoms with Crippen LogP contribution >= 0.6 is 12.6 Å². The highest BCUT2D eigenvalue weighted by Gasteiger charge is 2.30. The normalized spacial score (nSPS) is 12.0. The highest BCUT2D eigenvalue weighted by atomic mass is 32.1. The van der Waals surface area contributed by atoms with Crippen LogP contribution in [-0.4, -0.2) is 27.5 Å². The van der Waals surface area contributed by atoms with Gasteiger partial charge in [-0.1, -0.05) is 26.7 Å². The maximum absolute atomic E-state index is 6.00. The van der Waals surface area contributed by atoms with Gasteiger partial charge < -0.3 is 8.85 Å². The van der Waals surface area contributed by atoms with E-state index in [1.807, 2.05) is 0 Å². The average Bonchev–Trinajstić information content (AvgIpc) is 2.27. The maximum atomic E-state index is 6.00. The zero-order valence-electron chi connectivity index (χ0n) is 11.1. The van der Waals surface area contributed by atoms with Crippen molar-refractivity contribution in [1.82, 2.24) is 0 Å². The third-order valence-corrected chi connectivity index (χ3v) is 5.81. The molecule has 0 unspecified atom stereocenters. The summed E-state index contributed by atoms with van der Waals surface area (Å²) in [5, 5.41) is 0. The first-order valence-corrected chi connectivity index (χ1v) is 9.73. The van der Waals surface area contributed by atoms with E-state index in [1.165, 1.54) is 12.8 Å². The SMILES string of the molecule is CCCCO[Si](C)(CCCS)OCCCC. The maximum Gasteiger partial charge on any atom is 0.334 e.